The van der Waals surface area contributed by atoms with Crippen molar-refractivity contribution in [3.63, 3.8) is 0 Å². The van der Waals surface area contributed by atoms with Gasteiger partial charge in [0.2, 0.25) is 0 Å². The molecule has 2 aromatic rings. The average molecular weight is 430 g/mol. The van der Waals surface area contributed by atoms with Crippen LogP contribution >= 0.6 is 0 Å². The summed E-state index contributed by atoms with van der Waals surface area (Å²) in [5.74, 6) is 0.454. The molecule has 0 bridgehead atoms. The number of carbonyl (C=O) groups is 1. The summed E-state index contributed by atoms with van der Waals surface area (Å²) in [5, 5.41) is 29.5. The minimum absolute atomic E-state index is 0.188. The molecule has 7 heteroatoms. The maximum Gasteiger partial charge on any atom is 0.253 e. The van der Waals surface area contributed by atoms with Crippen LogP contribution in [0, 0.1) is 5.41 Å². The molecule has 0 spiro atoms. The SMILES string of the molecule is COc1ccc([C@@H]2CN(C(=O)[C@H](O)CO)C[C@@]2(C)[C@@H](C)O)cc1OCc1ccccc1. The third-order valence-electron chi connectivity index (χ3n) is 6.28. The first-order valence-electron chi connectivity index (χ1n) is 10.4. The molecular weight excluding hydrogens is 398 g/mol. The van der Waals surface area contributed by atoms with Crippen LogP contribution in [0.5, 0.6) is 11.5 Å². The first-order valence-corrected chi connectivity index (χ1v) is 10.4. The maximum atomic E-state index is 12.5. The van der Waals surface area contributed by atoms with Gasteiger partial charge >= 0.3 is 0 Å². The number of hydrogen-bond acceptors (Lipinski definition) is 6. The van der Waals surface area contributed by atoms with Gasteiger partial charge in [-0.2, -0.15) is 0 Å². The standard InChI is InChI=1S/C24H31NO6/c1-16(27)24(2)15-25(23(29)20(28)13-26)12-19(24)18-9-10-21(30-3)22(11-18)31-14-17-7-5-4-6-8-17/h4-11,16,19-20,26-28H,12-15H2,1-3H3/t16-,19+,20-,24+/m1/s1. The number of aliphatic hydroxyl groups is 3. The van der Waals surface area contributed by atoms with Crippen LogP contribution in [0.4, 0.5) is 0 Å². The molecule has 3 rings (SSSR count). The second kappa shape index (κ2) is 9.68. The highest BCUT2D eigenvalue weighted by molar-refractivity contribution is 5.81. The molecule has 2 aromatic carbocycles. The van der Waals surface area contributed by atoms with Gasteiger partial charge in [-0.1, -0.05) is 43.3 Å². The van der Waals surface area contributed by atoms with E-state index < -0.39 is 30.1 Å². The summed E-state index contributed by atoms with van der Waals surface area (Å²) in [7, 11) is 1.58. The van der Waals surface area contributed by atoms with E-state index in [9.17, 15) is 15.0 Å². The number of rotatable bonds is 8. The van der Waals surface area contributed by atoms with E-state index in [2.05, 4.69) is 0 Å². The smallest absolute Gasteiger partial charge is 0.253 e. The number of aliphatic hydroxyl groups excluding tert-OH is 3. The Labute approximate surface area is 182 Å². The van der Waals surface area contributed by atoms with E-state index in [0.29, 0.717) is 24.7 Å². The van der Waals surface area contributed by atoms with Crippen LogP contribution in [-0.2, 0) is 11.4 Å². The zero-order valence-electron chi connectivity index (χ0n) is 18.2. The van der Waals surface area contributed by atoms with Gasteiger partial charge in [0.1, 0.15) is 6.61 Å². The highest BCUT2D eigenvalue weighted by atomic mass is 16.5. The van der Waals surface area contributed by atoms with Crippen molar-refractivity contribution < 1.29 is 29.6 Å². The van der Waals surface area contributed by atoms with Gasteiger partial charge in [-0.05, 0) is 30.2 Å². The van der Waals surface area contributed by atoms with E-state index in [4.69, 9.17) is 14.6 Å². The zero-order chi connectivity index (χ0) is 22.6. The van der Waals surface area contributed by atoms with Crippen LogP contribution in [-0.4, -0.2) is 65.1 Å². The van der Waals surface area contributed by atoms with Crippen molar-refractivity contribution in [1.82, 2.24) is 4.90 Å². The summed E-state index contributed by atoms with van der Waals surface area (Å²) < 4.78 is 11.5. The largest absolute Gasteiger partial charge is 0.493 e. The summed E-state index contributed by atoms with van der Waals surface area (Å²) in [6.07, 6.45) is -2.16. The molecule has 1 aliphatic rings. The number of benzene rings is 2. The third-order valence-corrected chi connectivity index (χ3v) is 6.28. The quantitative estimate of drug-likeness (QED) is 0.593. The Bertz CT molecular complexity index is 887. The molecule has 1 aliphatic heterocycles. The summed E-state index contributed by atoms with van der Waals surface area (Å²) >= 11 is 0. The summed E-state index contributed by atoms with van der Waals surface area (Å²) in [6.45, 7) is 3.98. The van der Waals surface area contributed by atoms with Crippen molar-refractivity contribution in [2.24, 2.45) is 5.41 Å². The molecule has 0 saturated carbocycles. The molecule has 1 saturated heterocycles. The van der Waals surface area contributed by atoms with Gasteiger partial charge in [-0.25, -0.2) is 0 Å². The molecule has 31 heavy (non-hydrogen) atoms. The van der Waals surface area contributed by atoms with Crippen molar-refractivity contribution in [2.75, 3.05) is 26.8 Å². The maximum absolute atomic E-state index is 12.5. The molecule has 4 atom stereocenters. The molecule has 168 valence electrons. The molecule has 0 aromatic heterocycles. The fraction of sp³-hybridized carbons (Fsp3) is 0.458. The van der Waals surface area contributed by atoms with Crippen LogP contribution in [0.3, 0.4) is 0 Å². The Hall–Kier alpha value is -2.61. The number of methoxy groups -OCH3 is 1. The molecule has 3 N–H and O–H groups in total. The molecule has 0 aliphatic carbocycles. The fourth-order valence-electron chi connectivity index (χ4n) is 4.14. The zero-order valence-corrected chi connectivity index (χ0v) is 18.2. The predicted molar refractivity (Wildman–Crippen MR) is 116 cm³/mol. The molecular formula is C24H31NO6. The normalized spacial score (nSPS) is 22.8. The summed E-state index contributed by atoms with van der Waals surface area (Å²) in [6, 6.07) is 15.4. The van der Waals surface area contributed by atoms with E-state index in [0.717, 1.165) is 11.1 Å². The van der Waals surface area contributed by atoms with Gasteiger partial charge in [0.05, 0.1) is 19.8 Å². The fourth-order valence-corrected chi connectivity index (χ4v) is 4.14. The summed E-state index contributed by atoms with van der Waals surface area (Å²) in [4.78, 5) is 14.0. The van der Waals surface area contributed by atoms with E-state index in [1.165, 1.54) is 4.90 Å². The lowest BCUT2D eigenvalue weighted by atomic mass is 9.72. The number of hydrogen-bond donors (Lipinski definition) is 3. The Morgan fingerprint density at radius 1 is 1.19 bits per heavy atom. The molecule has 7 nitrogen and oxygen atoms in total. The Morgan fingerprint density at radius 3 is 2.52 bits per heavy atom. The van der Waals surface area contributed by atoms with Gasteiger partial charge in [-0.3, -0.25) is 4.79 Å². The van der Waals surface area contributed by atoms with Crippen LogP contribution in [0.2, 0.25) is 0 Å². The Kier molecular flexibility index (Phi) is 7.20. The van der Waals surface area contributed by atoms with Crippen LogP contribution in [0.15, 0.2) is 48.5 Å². The van der Waals surface area contributed by atoms with Crippen molar-refractivity contribution in [1.29, 1.82) is 0 Å². The number of likely N-dealkylation sites (tertiary alicyclic amines) is 1. The number of carbonyl (C=O) groups excluding carboxylic acids is 1. The minimum Gasteiger partial charge on any atom is -0.493 e. The van der Waals surface area contributed by atoms with E-state index in [1.807, 2.05) is 55.5 Å². The molecule has 0 radical (unpaired) electrons. The third kappa shape index (κ3) is 4.84. The highest BCUT2D eigenvalue weighted by Crippen LogP contribution is 2.47. The molecule has 1 amide bonds. The van der Waals surface area contributed by atoms with Crippen LogP contribution in [0.1, 0.15) is 30.9 Å². The van der Waals surface area contributed by atoms with Crippen LogP contribution in [0.25, 0.3) is 0 Å². The van der Waals surface area contributed by atoms with Gasteiger partial charge < -0.3 is 29.7 Å². The molecule has 0 unspecified atom stereocenters. The number of ether oxygens (including phenoxy) is 2. The van der Waals surface area contributed by atoms with Crippen molar-refractivity contribution in [3.8, 4) is 11.5 Å². The summed E-state index contributed by atoms with van der Waals surface area (Å²) in [5.41, 5.74) is 1.30. The highest BCUT2D eigenvalue weighted by Gasteiger charge is 2.49. The van der Waals surface area contributed by atoms with Crippen molar-refractivity contribution >= 4 is 5.91 Å². The van der Waals surface area contributed by atoms with E-state index >= 15 is 0 Å². The molecule has 1 fully saturated rings. The first kappa shape index (κ1) is 23.1. The second-order valence-corrected chi connectivity index (χ2v) is 8.34. The van der Waals surface area contributed by atoms with Gasteiger partial charge in [-0.15, -0.1) is 0 Å². The topological polar surface area (TPSA) is 99.5 Å². The van der Waals surface area contributed by atoms with Crippen molar-refractivity contribution in [2.45, 2.75) is 38.6 Å². The lowest BCUT2D eigenvalue weighted by Crippen LogP contribution is -2.42. The Balaban J connectivity index is 1.89. The average Bonchev–Trinajstić information content (AvgIpc) is 3.16. The lowest BCUT2D eigenvalue weighted by Gasteiger charge is -2.34. The first-order chi connectivity index (χ1) is 14.8. The van der Waals surface area contributed by atoms with E-state index in [-0.39, 0.29) is 12.5 Å². The number of nitrogens with zero attached hydrogens (tertiary/aromatic N) is 1. The monoisotopic (exact) mass is 429 g/mol. The van der Waals surface area contributed by atoms with Gasteiger partial charge in [0.15, 0.2) is 17.6 Å². The molecule has 1 heterocycles. The second-order valence-electron chi connectivity index (χ2n) is 8.34. The van der Waals surface area contributed by atoms with E-state index in [1.54, 1.807) is 14.0 Å². The van der Waals surface area contributed by atoms with Crippen molar-refractivity contribution in [3.05, 3.63) is 59.7 Å². The predicted octanol–water partition coefficient (Wildman–Crippen LogP) is 1.94. The Morgan fingerprint density at radius 2 is 1.90 bits per heavy atom. The van der Waals surface area contributed by atoms with Gasteiger partial charge in [0.25, 0.3) is 5.91 Å². The minimum atomic E-state index is -1.46. The van der Waals surface area contributed by atoms with Gasteiger partial charge in [0, 0.05) is 24.4 Å². The number of amides is 1. The lowest BCUT2D eigenvalue weighted by molar-refractivity contribution is -0.141. The van der Waals surface area contributed by atoms with Crippen LogP contribution < -0.4 is 9.47 Å².